The molecule has 0 bridgehead atoms. The van der Waals surface area contributed by atoms with E-state index in [1.165, 1.54) is 30.2 Å². The highest BCUT2D eigenvalue weighted by molar-refractivity contribution is 9.10. The first-order chi connectivity index (χ1) is 12.9. The molecule has 0 radical (unpaired) electrons. The lowest BCUT2D eigenvalue weighted by Gasteiger charge is -2.25. The minimum Gasteiger partial charge on any atom is -0.452 e. The van der Waals surface area contributed by atoms with E-state index in [-0.39, 0.29) is 4.47 Å². The fourth-order valence-corrected chi connectivity index (χ4v) is 2.78. The standard InChI is InChI=1S/C18H22BrFN4O3/c1-5-9-21-17-15(22-27-23-17)16(11(3)6-2)24(18(25)26-4)12-7-8-14(20)13(19)10-12/h7-8,10H,5-6,9H2,1-4H3,(H,21,23). The Hall–Kier alpha value is -2.42. The molecule has 1 heterocycles. The Morgan fingerprint density at radius 2 is 2.11 bits per heavy atom. The number of aromatic nitrogens is 2. The minimum atomic E-state index is -0.638. The monoisotopic (exact) mass is 440 g/mol. The van der Waals surface area contributed by atoms with Gasteiger partial charge in [-0.2, -0.15) is 0 Å². The van der Waals surface area contributed by atoms with Crippen LogP contribution in [0.5, 0.6) is 0 Å². The van der Waals surface area contributed by atoms with Gasteiger partial charge in [0.2, 0.25) is 5.82 Å². The van der Waals surface area contributed by atoms with E-state index in [2.05, 4.69) is 31.6 Å². The van der Waals surface area contributed by atoms with E-state index in [9.17, 15) is 9.18 Å². The third-order valence-corrected chi connectivity index (χ3v) is 4.54. The maximum Gasteiger partial charge on any atom is 0.418 e. The zero-order valence-corrected chi connectivity index (χ0v) is 17.3. The van der Waals surface area contributed by atoms with Crippen molar-refractivity contribution < 1.29 is 18.6 Å². The molecule has 0 aliphatic heterocycles. The minimum absolute atomic E-state index is 0.227. The molecule has 27 heavy (non-hydrogen) atoms. The second-order valence-electron chi connectivity index (χ2n) is 5.77. The maximum absolute atomic E-state index is 13.7. The number of amides is 1. The van der Waals surface area contributed by atoms with Crippen molar-refractivity contribution in [3.63, 3.8) is 0 Å². The van der Waals surface area contributed by atoms with Crippen molar-refractivity contribution in [3.8, 4) is 0 Å². The van der Waals surface area contributed by atoms with Crippen LogP contribution in [-0.2, 0) is 4.74 Å². The summed E-state index contributed by atoms with van der Waals surface area (Å²) in [7, 11) is 1.28. The Labute approximate surface area is 165 Å². The van der Waals surface area contributed by atoms with Crippen LogP contribution in [0.25, 0.3) is 5.70 Å². The van der Waals surface area contributed by atoms with Gasteiger partial charge in [0.05, 0.1) is 23.0 Å². The number of anilines is 2. The van der Waals surface area contributed by atoms with Gasteiger partial charge in [-0.3, -0.25) is 0 Å². The molecule has 0 fully saturated rings. The number of nitrogens with zero attached hydrogens (tertiary/aromatic N) is 3. The van der Waals surface area contributed by atoms with Crippen LogP contribution >= 0.6 is 15.9 Å². The lowest BCUT2D eigenvalue weighted by atomic mass is 10.1. The smallest absolute Gasteiger partial charge is 0.418 e. The van der Waals surface area contributed by atoms with Crippen molar-refractivity contribution in [2.75, 3.05) is 23.9 Å². The van der Waals surface area contributed by atoms with Gasteiger partial charge in [0.15, 0.2) is 5.69 Å². The number of hydrogen-bond acceptors (Lipinski definition) is 6. The van der Waals surface area contributed by atoms with Gasteiger partial charge in [-0.25, -0.2) is 18.7 Å². The Balaban J connectivity index is 2.65. The Kier molecular flexibility index (Phi) is 7.35. The average molecular weight is 441 g/mol. The Bertz CT molecular complexity index is 838. The first-order valence-corrected chi connectivity index (χ1v) is 9.33. The number of halogens is 2. The number of carbonyl (C=O) groups is 1. The maximum atomic E-state index is 13.7. The number of nitrogens with one attached hydrogen (secondary N) is 1. The summed E-state index contributed by atoms with van der Waals surface area (Å²) in [6, 6.07) is 4.26. The van der Waals surface area contributed by atoms with Gasteiger partial charge >= 0.3 is 6.09 Å². The quantitative estimate of drug-likeness (QED) is 0.636. The van der Waals surface area contributed by atoms with E-state index in [1.54, 1.807) is 0 Å². The van der Waals surface area contributed by atoms with Gasteiger partial charge in [-0.05, 0) is 69.8 Å². The van der Waals surface area contributed by atoms with E-state index in [0.29, 0.717) is 35.9 Å². The van der Waals surface area contributed by atoms with Crippen LogP contribution in [0.1, 0.15) is 39.3 Å². The van der Waals surface area contributed by atoms with Crippen LogP contribution in [-0.4, -0.2) is 30.1 Å². The molecule has 1 N–H and O–H groups in total. The van der Waals surface area contributed by atoms with Crippen LogP contribution < -0.4 is 10.2 Å². The molecular weight excluding hydrogens is 419 g/mol. The molecule has 0 unspecified atom stereocenters. The summed E-state index contributed by atoms with van der Waals surface area (Å²) >= 11 is 3.16. The molecule has 0 atom stereocenters. The zero-order valence-electron chi connectivity index (χ0n) is 15.7. The van der Waals surface area contributed by atoms with E-state index >= 15 is 0 Å². The lowest BCUT2D eigenvalue weighted by Crippen LogP contribution is -2.30. The molecule has 2 rings (SSSR count). The van der Waals surface area contributed by atoms with E-state index in [1.807, 2.05) is 20.8 Å². The van der Waals surface area contributed by atoms with Gasteiger partial charge in [-0.1, -0.05) is 13.8 Å². The topological polar surface area (TPSA) is 80.5 Å². The SMILES string of the molecule is CCCNc1nonc1C(=C(C)CC)N(C(=O)OC)c1ccc(F)c(Br)c1. The first kappa shape index (κ1) is 20.9. The summed E-state index contributed by atoms with van der Waals surface area (Å²) < 4.78 is 23.8. The van der Waals surface area contributed by atoms with Gasteiger partial charge in [-0.15, -0.1) is 0 Å². The van der Waals surface area contributed by atoms with Crippen molar-refractivity contribution in [2.45, 2.75) is 33.6 Å². The van der Waals surface area contributed by atoms with Crippen LogP contribution in [0.3, 0.4) is 0 Å². The fourth-order valence-electron chi connectivity index (χ4n) is 2.41. The van der Waals surface area contributed by atoms with Crippen LogP contribution in [0.2, 0.25) is 0 Å². The highest BCUT2D eigenvalue weighted by Crippen LogP contribution is 2.34. The first-order valence-electron chi connectivity index (χ1n) is 8.54. The third-order valence-electron chi connectivity index (χ3n) is 3.93. The molecular formula is C18H22BrFN4O3. The predicted molar refractivity (Wildman–Crippen MR) is 105 cm³/mol. The van der Waals surface area contributed by atoms with Crippen molar-refractivity contribution >= 4 is 39.2 Å². The molecule has 0 aliphatic carbocycles. The van der Waals surface area contributed by atoms with Crippen LogP contribution in [0.4, 0.5) is 20.7 Å². The van der Waals surface area contributed by atoms with Crippen molar-refractivity contribution in [3.05, 3.63) is 39.8 Å². The molecule has 0 saturated carbocycles. The fraction of sp³-hybridized carbons (Fsp3) is 0.389. The largest absolute Gasteiger partial charge is 0.452 e. The molecule has 1 aromatic carbocycles. The second-order valence-corrected chi connectivity index (χ2v) is 6.63. The summed E-state index contributed by atoms with van der Waals surface area (Å²) in [6.07, 6.45) is 0.885. The third kappa shape index (κ3) is 4.65. The van der Waals surface area contributed by atoms with Gasteiger partial charge < -0.3 is 10.1 Å². The van der Waals surface area contributed by atoms with Gasteiger partial charge in [0.25, 0.3) is 0 Å². The summed E-state index contributed by atoms with van der Waals surface area (Å²) in [5, 5.41) is 11.0. The van der Waals surface area contributed by atoms with E-state index in [4.69, 9.17) is 9.37 Å². The van der Waals surface area contributed by atoms with E-state index in [0.717, 1.165) is 12.0 Å². The Morgan fingerprint density at radius 3 is 2.70 bits per heavy atom. The second kappa shape index (κ2) is 9.50. The number of benzene rings is 1. The molecule has 1 amide bonds. The van der Waals surface area contributed by atoms with Crippen LogP contribution in [0.15, 0.2) is 32.9 Å². The number of rotatable bonds is 7. The number of ether oxygens (including phenoxy) is 1. The molecule has 146 valence electrons. The van der Waals surface area contributed by atoms with Gasteiger partial charge in [0, 0.05) is 6.54 Å². The van der Waals surface area contributed by atoms with Crippen LogP contribution in [0, 0.1) is 5.82 Å². The molecule has 0 spiro atoms. The van der Waals surface area contributed by atoms with Crippen molar-refractivity contribution in [1.29, 1.82) is 0 Å². The molecule has 2 aromatic rings. The number of carbonyl (C=O) groups excluding carboxylic acids is 1. The van der Waals surface area contributed by atoms with E-state index < -0.39 is 11.9 Å². The number of allylic oxidation sites excluding steroid dienone is 1. The summed E-state index contributed by atoms with van der Waals surface area (Å²) in [6.45, 7) is 6.52. The Morgan fingerprint density at radius 1 is 1.37 bits per heavy atom. The number of hydrogen-bond donors (Lipinski definition) is 1. The molecule has 7 nitrogen and oxygen atoms in total. The average Bonchev–Trinajstić information content (AvgIpc) is 3.13. The zero-order chi connectivity index (χ0) is 20.0. The summed E-state index contributed by atoms with van der Waals surface area (Å²) in [5.74, 6) is -0.00977. The van der Waals surface area contributed by atoms with Crippen molar-refractivity contribution in [1.82, 2.24) is 10.3 Å². The molecule has 9 heteroatoms. The predicted octanol–water partition coefficient (Wildman–Crippen LogP) is 5.21. The van der Waals surface area contributed by atoms with Gasteiger partial charge in [0.1, 0.15) is 5.82 Å². The highest BCUT2D eigenvalue weighted by atomic mass is 79.9. The summed E-state index contributed by atoms with van der Waals surface area (Å²) in [4.78, 5) is 14.0. The normalized spacial score (nSPS) is 11.8. The number of methoxy groups -OCH3 is 1. The highest BCUT2D eigenvalue weighted by Gasteiger charge is 2.29. The summed E-state index contributed by atoms with van der Waals surface area (Å²) in [5.41, 5.74) is 2.13. The van der Waals surface area contributed by atoms with Crippen molar-refractivity contribution in [2.24, 2.45) is 0 Å². The molecule has 0 saturated heterocycles. The lowest BCUT2D eigenvalue weighted by molar-refractivity contribution is 0.182. The molecule has 1 aromatic heterocycles. The molecule has 0 aliphatic rings.